The molecular weight excluding hydrogens is 302 g/mol. The molecule has 0 radical (unpaired) electrons. The van der Waals surface area contributed by atoms with Crippen LogP contribution in [0, 0.1) is 12.8 Å². The molecule has 2 aliphatic rings. The second-order valence-corrected chi connectivity index (χ2v) is 6.72. The van der Waals surface area contributed by atoms with E-state index < -0.39 is 0 Å². The Bertz CT molecular complexity index is 443. The molecule has 19 heavy (non-hydrogen) atoms. The quantitative estimate of drug-likeness (QED) is 0.906. The van der Waals surface area contributed by atoms with Crippen LogP contribution in [0.15, 0.2) is 16.7 Å². The van der Waals surface area contributed by atoms with Gasteiger partial charge in [-0.05, 0) is 72.6 Å². The van der Waals surface area contributed by atoms with Crippen LogP contribution in [0.5, 0.6) is 0 Å². The number of aromatic nitrogens is 1. The molecule has 3 heterocycles. The smallest absolute Gasteiger partial charge is 0.142 e. The largest absolute Gasteiger partial charge is 0.355 e. The Morgan fingerprint density at radius 1 is 1.37 bits per heavy atom. The first-order valence-corrected chi connectivity index (χ1v) is 8.14. The molecule has 0 aromatic carbocycles. The summed E-state index contributed by atoms with van der Waals surface area (Å²) in [6.45, 7) is 5.57. The molecule has 0 saturated carbocycles. The Labute approximate surface area is 123 Å². The first-order chi connectivity index (χ1) is 9.24. The first-order valence-electron chi connectivity index (χ1n) is 7.34. The number of hydrogen-bond acceptors (Lipinski definition) is 3. The molecule has 2 aliphatic heterocycles. The molecule has 2 fully saturated rings. The highest BCUT2D eigenvalue weighted by molar-refractivity contribution is 9.10. The zero-order chi connectivity index (χ0) is 13.2. The summed E-state index contributed by atoms with van der Waals surface area (Å²) in [5.41, 5.74) is 1.21. The zero-order valence-electron chi connectivity index (χ0n) is 11.5. The summed E-state index contributed by atoms with van der Waals surface area (Å²) in [7, 11) is 0. The Balaban J connectivity index is 1.73. The summed E-state index contributed by atoms with van der Waals surface area (Å²) < 4.78 is 1.13. The van der Waals surface area contributed by atoms with E-state index in [1.807, 2.05) is 6.20 Å². The number of halogens is 1. The predicted molar refractivity (Wildman–Crippen MR) is 82.6 cm³/mol. The monoisotopic (exact) mass is 323 g/mol. The number of aryl methyl sites for hydroxylation is 1. The molecule has 1 aromatic heterocycles. The van der Waals surface area contributed by atoms with Crippen LogP contribution >= 0.6 is 15.9 Å². The fourth-order valence-corrected chi connectivity index (χ4v) is 4.12. The van der Waals surface area contributed by atoms with E-state index in [0.29, 0.717) is 0 Å². The number of nitrogens with zero attached hydrogens (tertiary/aromatic N) is 2. The van der Waals surface area contributed by atoms with E-state index in [-0.39, 0.29) is 0 Å². The minimum atomic E-state index is 0.729. The van der Waals surface area contributed by atoms with Gasteiger partial charge >= 0.3 is 0 Å². The summed E-state index contributed by atoms with van der Waals surface area (Å²) in [5, 5.41) is 3.66. The predicted octanol–water partition coefficient (Wildman–Crippen LogP) is 3.12. The molecule has 0 amide bonds. The van der Waals surface area contributed by atoms with Crippen LogP contribution in [0.1, 0.15) is 31.2 Å². The molecule has 4 heteroatoms. The van der Waals surface area contributed by atoms with Gasteiger partial charge in [-0.2, -0.15) is 0 Å². The van der Waals surface area contributed by atoms with Gasteiger partial charge in [-0.1, -0.05) is 0 Å². The van der Waals surface area contributed by atoms with Crippen LogP contribution in [0.25, 0.3) is 0 Å². The van der Waals surface area contributed by atoms with Gasteiger partial charge in [0.15, 0.2) is 0 Å². The second kappa shape index (κ2) is 5.80. The SMILES string of the molecule is Cc1cnc(N2CCCC(C3CCCN3)C2)c(Br)c1. The van der Waals surface area contributed by atoms with Gasteiger partial charge in [0.1, 0.15) is 5.82 Å². The molecule has 0 aliphatic carbocycles. The van der Waals surface area contributed by atoms with Crippen LogP contribution in [0.2, 0.25) is 0 Å². The van der Waals surface area contributed by atoms with Gasteiger partial charge in [-0.3, -0.25) is 0 Å². The molecule has 104 valence electrons. The van der Waals surface area contributed by atoms with E-state index >= 15 is 0 Å². The fourth-order valence-electron chi connectivity index (χ4n) is 3.40. The summed E-state index contributed by atoms with van der Waals surface area (Å²) in [6.07, 6.45) is 7.30. The molecule has 3 rings (SSSR count). The number of hydrogen-bond donors (Lipinski definition) is 1. The molecule has 2 unspecified atom stereocenters. The number of nitrogens with one attached hydrogen (secondary N) is 1. The highest BCUT2D eigenvalue weighted by atomic mass is 79.9. The Morgan fingerprint density at radius 3 is 3.00 bits per heavy atom. The van der Waals surface area contributed by atoms with Gasteiger partial charge in [0.25, 0.3) is 0 Å². The van der Waals surface area contributed by atoms with Gasteiger partial charge in [0.05, 0.1) is 4.47 Å². The summed E-state index contributed by atoms with van der Waals surface area (Å²) in [6, 6.07) is 2.90. The van der Waals surface area contributed by atoms with E-state index in [9.17, 15) is 0 Å². The lowest BCUT2D eigenvalue weighted by atomic mass is 9.90. The average molecular weight is 324 g/mol. The zero-order valence-corrected chi connectivity index (χ0v) is 13.1. The average Bonchev–Trinajstić information content (AvgIpc) is 2.93. The number of anilines is 1. The van der Waals surface area contributed by atoms with E-state index in [1.54, 1.807) is 0 Å². The lowest BCUT2D eigenvalue weighted by Gasteiger charge is -2.37. The molecule has 2 atom stereocenters. The maximum absolute atomic E-state index is 4.62. The highest BCUT2D eigenvalue weighted by Gasteiger charge is 2.30. The van der Waals surface area contributed by atoms with Crippen LogP contribution < -0.4 is 10.2 Å². The van der Waals surface area contributed by atoms with Crippen molar-refractivity contribution in [1.29, 1.82) is 0 Å². The van der Waals surface area contributed by atoms with Crippen LogP contribution in [0.3, 0.4) is 0 Å². The van der Waals surface area contributed by atoms with Crippen LogP contribution in [-0.2, 0) is 0 Å². The summed E-state index contributed by atoms with van der Waals surface area (Å²) in [5.74, 6) is 1.90. The van der Waals surface area contributed by atoms with E-state index in [0.717, 1.165) is 35.3 Å². The van der Waals surface area contributed by atoms with Crippen LogP contribution in [-0.4, -0.2) is 30.7 Å². The third-order valence-corrected chi connectivity index (χ3v) is 4.97. The number of rotatable bonds is 2. The highest BCUT2D eigenvalue weighted by Crippen LogP contribution is 2.31. The van der Waals surface area contributed by atoms with Crippen molar-refractivity contribution in [2.45, 2.75) is 38.6 Å². The molecule has 0 spiro atoms. The van der Waals surface area contributed by atoms with Gasteiger partial charge in [-0.15, -0.1) is 0 Å². The molecular formula is C15H22BrN3. The van der Waals surface area contributed by atoms with Crippen molar-refractivity contribution >= 4 is 21.7 Å². The van der Waals surface area contributed by atoms with E-state index in [4.69, 9.17) is 0 Å². The standard InChI is InChI=1S/C15H22BrN3/c1-11-8-13(16)15(18-9-11)19-7-3-4-12(10-19)14-5-2-6-17-14/h8-9,12,14,17H,2-7,10H2,1H3. The van der Waals surface area contributed by atoms with Crippen molar-refractivity contribution in [1.82, 2.24) is 10.3 Å². The lowest BCUT2D eigenvalue weighted by Crippen LogP contribution is -2.44. The van der Waals surface area contributed by atoms with E-state index in [2.05, 4.69) is 44.1 Å². The van der Waals surface area contributed by atoms with E-state index in [1.165, 1.54) is 37.8 Å². The van der Waals surface area contributed by atoms with Crippen molar-refractivity contribution in [3.63, 3.8) is 0 Å². The third-order valence-electron chi connectivity index (χ3n) is 4.38. The molecule has 1 N–H and O–H groups in total. The normalized spacial score (nSPS) is 27.8. The van der Waals surface area contributed by atoms with Gasteiger partial charge in [-0.25, -0.2) is 4.98 Å². The summed E-state index contributed by atoms with van der Waals surface area (Å²) >= 11 is 3.67. The van der Waals surface area contributed by atoms with Crippen molar-refractivity contribution < 1.29 is 0 Å². The van der Waals surface area contributed by atoms with Crippen molar-refractivity contribution in [2.75, 3.05) is 24.5 Å². The molecule has 0 bridgehead atoms. The number of pyridine rings is 1. The number of piperidine rings is 1. The topological polar surface area (TPSA) is 28.2 Å². The minimum absolute atomic E-state index is 0.729. The van der Waals surface area contributed by atoms with Crippen molar-refractivity contribution in [3.8, 4) is 0 Å². The minimum Gasteiger partial charge on any atom is -0.355 e. The lowest BCUT2D eigenvalue weighted by molar-refractivity contribution is 0.327. The van der Waals surface area contributed by atoms with Crippen LogP contribution in [0.4, 0.5) is 5.82 Å². The summed E-state index contributed by atoms with van der Waals surface area (Å²) in [4.78, 5) is 7.08. The molecule has 3 nitrogen and oxygen atoms in total. The fraction of sp³-hybridized carbons (Fsp3) is 0.667. The van der Waals surface area contributed by atoms with Crippen molar-refractivity contribution in [3.05, 3.63) is 22.3 Å². The van der Waals surface area contributed by atoms with Crippen molar-refractivity contribution in [2.24, 2.45) is 5.92 Å². The van der Waals surface area contributed by atoms with Gasteiger partial charge in [0, 0.05) is 25.3 Å². The Morgan fingerprint density at radius 2 is 2.26 bits per heavy atom. The van der Waals surface area contributed by atoms with Gasteiger partial charge < -0.3 is 10.2 Å². The maximum Gasteiger partial charge on any atom is 0.142 e. The second-order valence-electron chi connectivity index (χ2n) is 5.87. The third kappa shape index (κ3) is 2.95. The maximum atomic E-state index is 4.62. The Hall–Kier alpha value is -0.610. The molecule has 2 saturated heterocycles. The first kappa shape index (κ1) is 13.4. The Kier molecular flexibility index (Phi) is 4.08. The molecule has 1 aromatic rings. The van der Waals surface area contributed by atoms with Gasteiger partial charge in [0.2, 0.25) is 0 Å².